The van der Waals surface area contributed by atoms with Crippen LogP contribution in [-0.4, -0.2) is 12.4 Å². The molecule has 1 aromatic carbocycles. The summed E-state index contributed by atoms with van der Waals surface area (Å²) >= 11 is 0. The first-order chi connectivity index (χ1) is 7.16. The average molecular weight is 212 g/mol. The lowest BCUT2D eigenvalue weighted by molar-refractivity contribution is 0.103. The highest BCUT2D eigenvalue weighted by atomic mass is 19.2. The lowest BCUT2D eigenvalue weighted by Gasteiger charge is -1.99. The average Bonchev–Trinajstić information content (AvgIpc) is 2.22. The fraction of sp³-hybridized carbons (Fsp3) is 0.182. The minimum Gasteiger partial charge on any atom is -0.501 e. The topological polar surface area (TPSA) is 26.3 Å². The number of hydrogen-bond acceptors (Lipinski definition) is 2. The number of hydrogen-bond donors (Lipinski definition) is 0. The molecule has 1 aromatic rings. The molecule has 0 aliphatic carbocycles. The van der Waals surface area contributed by atoms with Crippen molar-refractivity contribution in [3.05, 3.63) is 47.7 Å². The molecule has 80 valence electrons. The van der Waals surface area contributed by atoms with E-state index in [0.29, 0.717) is 6.61 Å². The maximum Gasteiger partial charge on any atom is 0.191 e. The van der Waals surface area contributed by atoms with Gasteiger partial charge in [-0.15, -0.1) is 0 Å². The molecule has 0 fully saturated rings. The molecule has 0 saturated carbocycles. The minimum atomic E-state index is -1.14. The molecule has 4 heteroatoms. The second-order valence-electron chi connectivity index (χ2n) is 2.72. The summed E-state index contributed by atoms with van der Waals surface area (Å²) in [6.07, 6.45) is 2.22. The second-order valence-corrected chi connectivity index (χ2v) is 2.72. The molecule has 0 radical (unpaired) electrons. The second kappa shape index (κ2) is 5.24. The van der Waals surface area contributed by atoms with E-state index < -0.39 is 17.4 Å². The van der Waals surface area contributed by atoms with Crippen molar-refractivity contribution >= 4 is 5.78 Å². The summed E-state index contributed by atoms with van der Waals surface area (Å²) in [6, 6.07) is 3.45. The maximum absolute atomic E-state index is 13.1. The van der Waals surface area contributed by atoms with Gasteiger partial charge in [-0.05, 0) is 19.1 Å². The Kier molecular flexibility index (Phi) is 3.97. The normalized spacial score (nSPS) is 10.6. The van der Waals surface area contributed by atoms with Gasteiger partial charge < -0.3 is 4.74 Å². The Labute approximate surface area is 86.2 Å². The number of ether oxygens (including phenoxy) is 1. The third-order valence-corrected chi connectivity index (χ3v) is 1.70. The van der Waals surface area contributed by atoms with Gasteiger partial charge in [0.25, 0.3) is 0 Å². The Balaban J connectivity index is 2.87. The molecule has 1 rings (SSSR count). The molecule has 0 aliphatic rings. The standard InChI is InChI=1S/C11H10F2O2/c1-2-15-7-6-10(14)8-4-3-5-9(12)11(8)13/h3-7H,2H2,1H3/b7-6+. The van der Waals surface area contributed by atoms with Crippen molar-refractivity contribution < 1.29 is 18.3 Å². The van der Waals surface area contributed by atoms with Crippen LogP contribution < -0.4 is 0 Å². The Bertz CT molecular complexity index is 386. The Morgan fingerprint density at radius 2 is 2.20 bits per heavy atom. The van der Waals surface area contributed by atoms with E-state index in [1.54, 1.807) is 6.92 Å². The minimum absolute atomic E-state index is 0.300. The number of rotatable bonds is 4. The van der Waals surface area contributed by atoms with Gasteiger partial charge in [-0.1, -0.05) is 6.07 Å². The van der Waals surface area contributed by atoms with E-state index in [4.69, 9.17) is 4.74 Å². The van der Waals surface area contributed by atoms with E-state index in [2.05, 4.69) is 0 Å². The van der Waals surface area contributed by atoms with Crippen LogP contribution in [0.2, 0.25) is 0 Å². The van der Waals surface area contributed by atoms with Gasteiger partial charge in [-0.25, -0.2) is 8.78 Å². The smallest absolute Gasteiger partial charge is 0.191 e. The summed E-state index contributed by atoms with van der Waals surface area (Å²) < 4.78 is 30.6. The van der Waals surface area contributed by atoms with E-state index in [0.717, 1.165) is 18.4 Å². The molecule has 0 spiro atoms. The molecule has 0 amide bonds. The Hall–Kier alpha value is -1.71. The van der Waals surface area contributed by atoms with Crippen LogP contribution in [0.4, 0.5) is 8.78 Å². The van der Waals surface area contributed by atoms with E-state index in [1.807, 2.05) is 0 Å². The van der Waals surface area contributed by atoms with Crippen LogP contribution in [0, 0.1) is 11.6 Å². The lowest BCUT2D eigenvalue weighted by Crippen LogP contribution is -2.01. The monoisotopic (exact) mass is 212 g/mol. The number of carbonyl (C=O) groups excluding carboxylic acids is 1. The zero-order valence-electron chi connectivity index (χ0n) is 8.17. The highest BCUT2D eigenvalue weighted by molar-refractivity contribution is 6.04. The molecular formula is C11H10F2O2. The number of ketones is 1. The molecule has 0 heterocycles. The summed E-state index contributed by atoms with van der Waals surface area (Å²) in [5, 5.41) is 0. The first-order valence-corrected chi connectivity index (χ1v) is 4.43. The zero-order valence-corrected chi connectivity index (χ0v) is 8.17. The molecular weight excluding hydrogens is 202 g/mol. The van der Waals surface area contributed by atoms with Gasteiger partial charge in [0.2, 0.25) is 0 Å². The van der Waals surface area contributed by atoms with Crippen molar-refractivity contribution in [2.75, 3.05) is 6.61 Å². The molecule has 0 atom stereocenters. The summed E-state index contributed by atoms with van der Waals surface area (Å²) in [7, 11) is 0. The third-order valence-electron chi connectivity index (χ3n) is 1.70. The quantitative estimate of drug-likeness (QED) is 0.435. The van der Waals surface area contributed by atoms with Crippen molar-refractivity contribution in [3.63, 3.8) is 0 Å². The first-order valence-electron chi connectivity index (χ1n) is 4.43. The molecule has 0 bridgehead atoms. The summed E-state index contributed by atoms with van der Waals surface area (Å²) in [6.45, 7) is 2.16. The van der Waals surface area contributed by atoms with Crippen LogP contribution in [0.5, 0.6) is 0 Å². The summed E-state index contributed by atoms with van der Waals surface area (Å²) in [5.74, 6) is -2.80. The number of benzene rings is 1. The first kappa shape index (κ1) is 11.4. The Morgan fingerprint density at radius 1 is 1.47 bits per heavy atom. The van der Waals surface area contributed by atoms with Gasteiger partial charge in [0, 0.05) is 6.08 Å². The van der Waals surface area contributed by atoms with Crippen LogP contribution in [0.3, 0.4) is 0 Å². The number of halogens is 2. The maximum atomic E-state index is 13.1. The molecule has 0 unspecified atom stereocenters. The van der Waals surface area contributed by atoms with Gasteiger partial charge in [0.1, 0.15) is 0 Å². The van der Waals surface area contributed by atoms with E-state index >= 15 is 0 Å². The predicted molar refractivity (Wildman–Crippen MR) is 51.5 cm³/mol. The van der Waals surface area contributed by atoms with Crippen LogP contribution >= 0.6 is 0 Å². The van der Waals surface area contributed by atoms with E-state index in [-0.39, 0.29) is 5.56 Å². The van der Waals surface area contributed by atoms with Crippen molar-refractivity contribution in [1.29, 1.82) is 0 Å². The zero-order chi connectivity index (χ0) is 11.3. The summed E-state index contributed by atoms with van der Waals surface area (Å²) in [4.78, 5) is 11.3. The molecule has 0 saturated heterocycles. The fourth-order valence-electron chi connectivity index (χ4n) is 0.990. The van der Waals surface area contributed by atoms with E-state index in [1.165, 1.54) is 12.1 Å². The van der Waals surface area contributed by atoms with Crippen LogP contribution in [0.15, 0.2) is 30.5 Å². The number of carbonyl (C=O) groups is 1. The van der Waals surface area contributed by atoms with Crippen LogP contribution in [0.1, 0.15) is 17.3 Å². The highest BCUT2D eigenvalue weighted by Gasteiger charge is 2.12. The van der Waals surface area contributed by atoms with Crippen molar-refractivity contribution in [1.82, 2.24) is 0 Å². The van der Waals surface area contributed by atoms with Gasteiger partial charge in [-0.2, -0.15) is 0 Å². The van der Waals surface area contributed by atoms with Crippen molar-refractivity contribution in [2.45, 2.75) is 6.92 Å². The van der Waals surface area contributed by atoms with Gasteiger partial charge >= 0.3 is 0 Å². The molecule has 0 N–H and O–H groups in total. The summed E-state index contributed by atoms with van der Waals surface area (Å²) in [5.41, 5.74) is -0.300. The van der Waals surface area contributed by atoms with Gasteiger partial charge in [-0.3, -0.25) is 4.79 Å². The number of allylic oxidation sites excluding steroid dienone is 1. The molecule has 0 aliphatic heterocycles. The van der Waals surface area contributed by atoms with Crippen molar-refractivity contribution in [2.24, 2.45) is 0 Å². The lowest BCUT2D eigenvalue weighted by atomic mass is 10.1. The predicted octanol–water partition coefficient (Wildman–Crippen LogP) is 2.70. The van der Waals surface area contributed by atoms with Crippen molar-refractivity contribution in [3.8, 4) is 0 Å². The van der Waals surface area contributed by atoms with Crippen LogP contribution in [0.25, 0.3) is 0 Å². The highest BCUT2D eigenvalue weighted by Crippen LogP contribution is 2.12. The molecule has 0 aromatic heterocycles. The third kappa shape index (κ3) is 2.87. The molecule has 2 nitrogen and oxygen atoms in total. The van der Waals surface area contributed by atoms with Crippen LogP contribution in [-0.2, 0) is 4.74 Å². The fourth-order valence-corrected chi connectivity index (χ4v) is 0.990. The SMILES string of the molecule is CCO/C=C/C(=O)c1cccc(F)c1F. The molecule has 15 heavy (non-hydrogen) atoms. The van der Waals surface area contributed by atoms with Gasteiger partial charge in [0.15, 0.2) is 17.4 Å². The van der Waals surface area contributed by atoms with E-state index in [9.17, 15) is 13.6 Å². The Morgan fingerprint density at radius 3 is 2.87 bits per heavy atom. The largest absolute Gasteiger partial charge is 0.501 e. The van der Waals surface area contributed by atoms with Gasteiger partial charge in [0.05, 0.1) is 18.4 Å².